The Morgan fingerprint density at radius 1 is 1.17 bits per heavy atom. The smallest absolute Gasteiger partial charge is 0.123 e. The molecule has 0 fully saturated rings. The highest BCUT2D eigenvalue weighted by Crippen LogP contribution is 2.15. The van der Waals surface area contributed by atoms with Crippen molar-refractivity contribution in [3.63, 3.8) is 0 Å². The van der Waals surface area contributed by atoms with Gasteiger partial charge in [0.05, 0.1) is 6.61 Å². The molecule has 5 heteroatoms. The summed E-state index contributed by atoms with van der Waals surface area (Å²) in [4.78, 5) is 0. The maximum atomic E-state index is 12.8. The molecule has 0 saturated carbocycles. The van der Waals surface area contributed by atoms with Crippen LogP contribution < -0.4 is 10.1 Å². The SMILES string of the molecule is CC(NCC(O)COc1ccc(F)cc1)c1cccc(CO)c1. The van der Waals surface area contributed by atoms with E-state index in [0.717, 1.165) is 11.1 Å². The van der Waals surface area contributed by atoms with Gasteiger partial charge in [-0.05, 0) is 42.3 Å². The van der Waals surface area contributed by atoms with Gasteiger partial charge >= 0.3 is 0 Å². The van der Waals surface area contributed by atoms with Crippen LogP contribution >= 0.6 is 0 Å². The Balaban J connectivity index is 1.76. The normalized spacial score (nSPS) is 13.6. The molecular weight excluding hydrogens is 297 g/mol. The zero-order valence-corrected chi connectivity index (χ0v) is 13.1. The van der Waals surface area contributed by atoms with Crippen molar-refractivity contribution in [2.45, 2.75) is 25.7 Å². The van der Waals surface area contributed by atoms with Crippen molar-refractivity contribution in [1.29, 1.82) is 0 Å². The van der Waals surface area contributed by atoms with Gasteiger partial charge in [0.1, 0.15) is 24.3 Å². The van der Waals surface area contributed by atoms with E-state index in [1.165, 1.54) is 24.3 Å². The minimum absolute atomic E-state index is 0.00863. The lowest BCUT2D eigenvalue weighted by Crippen LogP contribution is -2.33. The van der Waals surface area contributed by atoms with Gasteiger partial charge in [-0.25, -0.2) is 4.39 Å². The summed E-state index contributed by atoms with van der Waals surface area (Å²) >= 11 is 0. The summed E-state index contributed by atoms with van der Waals surface area (Å²) in [7, 11) is 0. The maximum absolute atomic E-state index is 12.8. The van der Waals surface area contributed by atoms with Crippen LogP contribution in [0.2, 0.25) is 0 Å². The van der Waals surface area contributed by atoms with E-state index in [2.05, 4.69) is 5.32 Å². The summed E-state index contributed by atoms with van der Waals surface area (Å²) in [5.41, 5.74) is 1.90. The second-order valence-corrected chi connectivity index (χ2v) is 5.45. The molecule has 0 amide bonds. The first-order valence-electron chi connectivity index (χ1n) is 7.58. The lowest BCUT2D eigenvalue weighted by Gasteiger charge is -2.18. The molecule has 2 unspecified atom stereocenters. The molecule has 0 bridgehead atoms. The number of hydrogen-bond donors (Lipinski definition) is 3. The highest BCUT2D eigenvalue weighted by Gasteiger charge is 2.10. The Labute approximate surface area is 135 Å². The fraction of sp³-hybridized carbons (Fsp3) is 0.333. The van der Waals surface area contributed by atoms with E-state index in [1.807, 2.05) is 31.2 Å². The van der Waals surface area contributed by atoms with E-state index in [-0.39, 0.29) is 25.1 Å². The number of benzene rings is 2. The van der Waals surface area contributed by atoms with Gasteiger partial charge in [0.15, 0.2) is 0 Å². The van der Waals surface area contributed by atoms with Gasteiger partial charge in [0, 0.05) is 12.6 Å². The van der Waals surface area contributed by atoms with Crippen LogP contribution in [0.5, 0.6) is 5.75 Å². The molecule has 0 aromatic heterocycles. The van der Waals surface area contributed by atoms with Crippen molar-refractivity contribution in [1.82, 2.24) is 5.32 Å². The third-order valence-corrected chi connectivity index (χ3v) is 3.55. The van der Waals surface area contributed by atoms with Crippen molar-refractivity contribution in [3.05, 3.63) is 65.5 Å². The molecule has 0 heterocycles. The summed E-state index contributed by atoms with van der Waals surface area (Å²) in [6.45, 7) is 2.49. The molecule has 0 aliphatic heterocycles. The van der Waals surface area contributed by atoms with Crippen LogP contribution in [0.4, 0.5) is 4.39 Å². The van der Waals surface area contributed by atoms with E-state index >= 15 is 0 Å². The summed E-state index contributed by atoms with van der Waals surface area (Å²) in [6.07, 6.45) is -0.677. The van der Waals surface area contributed by atoms with Crippen LogP contribution in [-0.4, -0.2) is 29.5 Å². The molecular formula is C18H22FNO3. The van der Waals surface area contributed by atoms with E-state index in [1.54, 1.807) is 0 Å². The Bertz CT molecular complexity index is 603. The maximum Gasteiger partial charge on any atom is 0.123 e. The quantitative estimate of drug-likeness (QED) is 0.699. The van der Waals surface area contributed by atoms with Crippen LogP contribution in [0.25, 0.3) is 0 Å². The van der Waals surface area contributed by atoms with Gasteiger partial charge < -0.3 is 20.3 Å². The summed E-state index contributed by atoms with van der Waals surface area (Å²) in [6, 6.07) is 13.4. The fourth-order valence-electron chi connectivity index (χ4n) is 2.17. The van der Waals surface area contributed by atoms with Crippen molar-refractivity contribution in [2.24, 2.45) is 0 Å². The van der Waals surface area contributed by atoms with E-state index in [4.69, 9.17) is 9.84 Å². The Kier molecular flexibility index (Phi) is 6.52. The number of hydrogen-bond acceptors (Lipinski definition) is 4. The number of ether oxygens (including phenoxy) is 1. The van der Waals surface area contributed by atoms with Crippen LogP contribution in [0, 0.1) is 5.82 Å². The number of rotatable bonds is 8. The Morgan fingerprint density at radius 3 is 2.61 bits per heavy atom. The second kappa shape index (κ2) is 8.62. The van der Waals surface area contributed by atoms with Crippen LogP contribution in [0.15, 0.2) is 48.5 Å². The molecule has 2 aromatic carbocycles. The van der Waals surface area contributed by atoms with Crippen molar-refractivity contribution >= 4 is 0 Å². The zero-order chi connectivity index (χ0) is 16.7. The molecule has 0 saturated heterocycles. The predicted molar refractivity (Wildman–Crippen MR) is 86.7 cm³/mol. The average molecular weight is 319 g/mol. The minimum Gasteiger partial charge on any atom is -0.491 e. The number of halogens is 1. The average Bonchev–Trinajstić information content (AvgIpc) is 2.59. The van der Waals surface area contributed by atoms with Gasteiger partial charge in [-0.2, -0.15) is 0 Å². The van der Waals surface area contributed by atoms with Crippen LogP contribution in [0.1, 0.15) is 24.1 Å². The summed E-state index contributed by atoms with van der Waals surface area (Å²) < 4.78 is 18.2. The predicted octanol–water partition coefficient (Wildman–Crippen LogP) is 2.41. The topological polar surface area (TPSA) is 61.7 Å². The molecule has 0 aliphatic carbocycles. The van der Waals surface area contributed by atoms with Crippen molar-refractivity contribution in [2.75, 3.05) is 13.2 Å². The molecule has 0 spiro atoms. The number of aliphatic hydroxyl groups is 2. The summed E-state index contributed by atoms with van der Waals surface area (Å²) in [5, 5.41) is 22.3. The number of nitrogens with one attached hydrogen (secondary N) is 1. The van der Waals surface area contributed by atoms with Gasteiger partial charge in [0.25, 0.3) is 0 Å². The molecule has 3 N–H and O–H groups in total. The highest BCUT2D eigenvalue weighted by molar-refractivity contribution is 5.25. The lowest BCUT2D eigenvalue weighted by atomic mass is 10.1. The van der Waals surface area contributed by atoms with Crippen molar-refractivity contribution in [3.8, 4) is 5.75 Å². The standard InChI is InChI=1S/C18H22FNO3/c1-13(15-4-2-3-14(9-15)11-21)20-10-17(22)12-23-18-7-5-16(19)6-8-18/h2-9,13,17,20-22H,10-12H2,1H3. The van der Waals surface area contributed by atoms with Crippen LogP contribution in [0.3, 0.4) is 0 Å². The molecule has 4 nitrogen and oxygen atoms in total. The molecule has 2 atom stereocenters. The molecule has 124 valence electrons. The molecule has 0 radical (unpaired) electrons. The van der Waals surface area contributed by atoms with E-state index in [0.29, 0.717) is 12.3 Å². The van der Waals surface area contributed by atoms with Gasteiger partial charge in [-0.3, -0.25) is 0 Å². The third-order valence-electron chi connectivity index (χ3n) is 3.55. The minimum atomic E-state index is -0.677. The first kappa shape index (κ1) is 17.4. The van der Waals surface area contributed by atoms with E-state index < -0.39 is 6.10 Å². The summed E-state index contributed by atoms with van der Waals surface area (Å²) in [5.74, 6) is 0.202. The molecule has 2 rings (SSSR count). The fourth-order valence-corrected chi connectivity index (χ4v) is 2.17. The van der Waals surface area contributed by atoms with Gasteiger partial charge in [0.2, 0.25) is 0 Å². The molecule has 23 heavy (non-hydrogen) atoms. The zero-order valence-electron chi connectivity index (χ0n) is 13.1. The van der Waals surface area contributed by atoms with E-state index in [9.17, 15) is 9.50 Å². The van der Waals surface area contributed by atoms with Gasteiger partial charge in [-0.1, -0.05) is 24.3 Å². The van der Waals surface area contributed by atoms with Crippen molar-refractivity contribution < 1.29 is 19.3 Å². The first-order valence-corrected chi connectivity index (χ1v) is 7.58. The molecule has 0 aliphatic rings. The third kappa shape index (κ3) is 5.63. The second-order valence-electron chi connectivity index (χ2n) is 5.45. The number of aliphatic hydroxyl groups excluding tert-OH is 2. The van der Waals surface area contributed by atoms with Crippen LogP contribution in [-0.2, 0) is 6.61 Å². The Morgan fingerprint density at radius 2 is 1.91 bits per heavy atom. The highest BCUT2D eigenvalue weighted by atomic mass is 19.1. The Hall–Kier alpha value is -1.95. The van der Waals surface area contributed by atoms with Gasteiger partial charge in [-0.15, -0.1) is 0 Å². The monoisotopic (exact) mass is 319 g/mol. The first-order chi connectivity index (χ1) is 11.1. The molecule has 2 aromatic rings. The lowest BCUT2D eigenvalue weighted by molar-refractivity contribution is 0.104. The largest absolute Gasteiger partial charge is 0.491 e.